The van der Waals surface area contributed by atoms with E-state index in [1.807, 2.05) is 30.3 Å². The highest BCUT2D eigenvalue weighted by Crippen LogP contribution is 2.41. The first-order valence-corrected chi connectivity index (χ1v) is 21.8. The van der Waals surface area contributed by atoms with Gasteiger partial charge < -0.3 is 13.7 Å². The van der Waals surface area contributed by atoms with Gasteiger partial charge in [-0.15, -0.1) is 22.7 Å². The van der Waals surface area contributed by atoms with Gasteiger partial charge in [-0.3, -0.25) is 0 Å². The first-order chi connectivity index (χ1) is 30.0. The van der Waals surface area contributed by atoms with Crippen molar-refractivity contribution in [1.29, 1.82) is 0 Å². The van der Waals surface area contributed by atoms with Gasteiger partial charge >= 0.3 is 0 Å². The molecular weight excluding hydrogens is 783 g/mol. The van der Waals surface area contributed by atoms with Crippen molar-refractivity contribution in [2.24, 2.45) is 0 Å². The van der Waals surface area contributed by atoms with Crippen molar-refractivity contribution < 1.29 is 8.83 Å². The summed E-state index contributed by atoms with van der Waals surface area (Å²) in [5.41, 5.74) is 13.3. The molecule has 0 radical (unpaired) electrons. The first kappa shape index (κ1) is 36.6. The van der Waals surface area contributed by atoms with Crippen molar-refractivity contribution in [1.82, 2.24) is 0 Å². The van der Waals surface area contributed by atoms with Crippen molar-refractivity contribution in [3.63, 3.8) is 0 Å². The second-order valence-corrected chi connectivity index (χ2v) is 17.3. The fourth-order valence-electron chi connectivity index (χ4n) is 8.11. The molecule has 290 valence electrons. The summed E-state index contributed by atoms with van der Waals surface area (Å²) in [5.74, 6) is 0. The predicted molar refractivity (Wildman–Crippen MR) is 261 cm³/mol. The molecule has 11 rings (SSSR count). The zero-order valence-corrected chi connectivity index (χ0v) is 34.7. The number of fused-ring (bicyclic) bond motifs is 6. The molecule has 3 nitrogen and oxygen atoms in total. The van der Waals surface area contributed by atoms with Crippen molar-refractivity contribution >= 4 is 83.5 Å². The van der Waals surface area contributed by atoms with Gasteiger partial charge in [0.05, 0.1) is 0 Å². The number of furan rings is 2. The molecule has 0 aliphatic heterocycles. The number of benzene rings is 7. The molecular formula is C56H37NO2S2. The maximum atomic E-state index is 6.09. The highest BCUT2D eigenvalue weighted by atomic mass is 32.1. The van der Waals surface area contributed by atoms with Gasteiger partial charge in [-0.25, -0.2) is 0 Å². The quantitative estimate of drug-likeness (QED) is 0.129. The van der Waals surface area contributed by atoms with Crippen molar-refractivity contribution in [2.45, 2.75) is 0 Å². The van der Waals surface area contributed by atoms with Crippen LogP contribution in [-0.4, -0.2) is 0 Å². The summed E-state index contributed by atoms with van der Waals surface area (Å²) in [4.78, 5) is 6.92. The molecule has 61 heavy (non-hydrogen) atoms. The first-order valence-electron chi connectivity index (χ1n) is 20.2. The van der Waals surface area contributed by atoms with Crippen LogP contribution in [-0.2, 0) is 0 Å². The highest BCUT2D eigenvalue weighted by Gasteiger charge is 2.16. The lowest BCUT2D eigenvalue weighted by molar-refractivity contribution is 0.668. The molecule has 0 aliphatic carbocycles. The predicted octanol–water partition coefficient (Wildman–Crippen LogP) is 17.2. The number of thiophene rings is 2. The maximum absolute atomic E-state index is 6.09. The van der Waals surface area contributed by atoms with Gasteiger partial charge in [0.2, 0.25) is 0 Å². The number of anilines is 2. The third kappa shape index (κ3) is 6.90. The van der Waals surface area contributed by atoms with Gasteiger partial charge in [0, 0.05) is 58.1 Å². The maximum Gasteiger partial charge on any atom is 0.135 e. The third-order valence-electron chi connectivity index (χ3n) is 11.3. The van der Waals surface area contributed by atoms with E-state index in [1.54, 1.807) is 22.7 Å². The minimum Gasteiger partial charge on any atom is -0.456 e. The van der Waals surface area contributed by atoms with Crippen LogP contribution in [0.15, 0.2) is 228 Å². The van der Waals surface area contributed by atoms with E-state index in [1.165, 1.54) is 25.8 Å². The Kier molecular flexibility index (Phi) is 9.19. The number of rotatable bonds is 10. The minimum atomic E-state index is 0.830. The van der Waals surface area contributed by atoms with Crippen LogP contribution in [0.5, 0.6) is 0 Å². The zero-order chi connectivity index (χ0) is 40.9. The Morgan fingerprint density at radius 3 is 1.46 bits per heavy atom. The SMILES string of the molecule is C=C(/C=C\C(=C)N(c1ccc(-c2ccccc2)cc1)c1ccc(-c2ccc(-c3ccc4oc5ccccc5c4c3)s2)cc1)c1ccc(-c2ccc3oc4ccccc4c3c2)s1. The molecule has 0 fully saturated rings. The third-order valence-corrected chi connectivity index (χ3v) is 13.7. The Labute approximate surface area is 361 Å². The van der Waals surface area contributed by atoms with Crippen molar-refractivity contribution in [2.75, 3.05) is 4.90 Å². The molecule has 7 aromatic carbocycles. The molecule has 0 amide bonds. The van der Waals surface area contributed by atoms with E-state index < -0.39 is 0 Å². The molecule has 0 spiro atoms. The molecule has 0 aliphatic rings. The monoisotopic (exact) mass is 819 g/mol. The number of para-hydroxylation sites is 2. The van der Waals surface area contributed by atoms with Gasteiger partial charge in [0.25, 0.3) is 0 Å². The van der Waals surface area contributed by atoms with E-state index in [9.17, 15) is 0 Å². The summed E-state index contributed by atoms with van der Waals surface area (Å²) in [5, 5.41) is 4.53. The molecule has 0 N–H and O–H groups in total. The van der Waals surface area contributed by atoms with E-state index in [4.69, 9.17) is 8.83 Å². The number of nitrogens with zero attached hydrogens (tertiary/aromatic N) is 1. The topological polar surface area (TPSA) is 29.5 Å². The normalized spacial score (nSPS) is 11.7. The molecule has 0 saturated heterocycles. The Balaban J connectivity index is 0.867. The van der Waals surface area contributed by atoms with Crippen LogP contribution in [0.2, 0.25) is 0 Å². The van der Waals surface area contributed by atoms with Crippen LogP contribution in [0.3, 0.4) is 0 Å². The average molecular weight is 820 g/mol. The molecule has 0 atom stereocenters. The van der Waals surface area contributed by atoms with E-state index >= 15 is 0 Å². The standard InChI is InChI=1S/C56H37NO2S2/c1-36(53-30-31-55(60-53)41-22-28-51-47(34-41)45-12-6-8-14-49(45)58-51)16-17-37(2)57(43-24-18-39(19-25-43)38-10-4-3-5-11-38)44-26-20-40(21-27-44)54-32-33-56(61-54)42-23-29-52-48(35-42)46-13-7-9-15-50(46)59-52/h3-35H,1-2H2/b17-16-. The Bertz CT molecular complexity index is 3450. The van der Waals surface area contributed by atoms with Gasteiger partial charge in [-0.2, -0.15) is 0 Å². The molecule has 0 saturated carbocycles. The van der Waals surface area contributed by atoms with Crippen LogP contribution in [0.1, 0.15) is 4.88 Å². The Hall–Kier alpha value is -7.44. The lowest BCUT2D eigenvalue weighted by Crippen LogP contribution is -2.14. The summed E-state index contributed by atoms with van der Waals surface area (Å²) in [6, 6.07) is 66.0. The zero-order valence-electron chi connectivity index (χ0n) is 33.0. The van der Waals surface area contributed by atoms with E-state index in [-0.39, 0.29) is 0 Å². The lowest BCUT2D eigenvalue weighted by Gasteiger charge is -2.26. The summed E-state index contributed by atoms with van der Waals surface area (Å²) < 4.78 is 12.2. The van der Waals surface area contributed by atoms with Crippen LogP contribution in [0.4, 0.5) is 11.4 Å². The largest absolute Gasteiger partial charge is 0.456 e. The highest BCUT2D eigenvalue weighted by molar-refractivity contribution is 7.18. The van der Waals surface area contributed by atoms with E-state index in [2.05, 4.69) is 188 Å². The molecule has 5 heteroatoms. The summed E-state index contributed by atoms with van der Waals surface area (Å²) >= 11 is 3.53. The van der Waals surface area contributed by atoms with Crippen molar-refractivity contribution in [3.8, 4) is 42.4 Å². The van der Waals surface area contributed by atoms with Gasteiger partial charge in [-0.1, -0.05) is 110 Å². The minimum absolute atomic E-state index is 0.830. The van der Waals surface area contributed by atoms with E-state index in [0.29, 0.717) is 0 Å². The van der Waals surface area contributed by atoms with Crippen LogP contribution in [0, 0.1) is 0 Å². The molecule has 0 unspecified atom stereocenters. The van der Waals surface area contributed by atoms with Crippen LogP contribution >= 0.6 is 22.7 Å². The Morgan fingerprint density at radius 2 is 0.852 bits per heavy atom. The Morgan fingerprint density at radius 1 is 0.393 bits per heavy atom. The second kappa shape index (κ2) is 15.3. The smallest absolute Gasteiger partial charge is 0.135 e. The molecule has 0 bridgehead atoms. The summed E-state index contributed by atoms with van der Waals surface area (Å²) in [7, 11) is 0. The number of hydrogen-bond donors (Lipinski definition) is 0. The summed E-state index contributed by atoms with van der Waals surface area (Å²) in [6.45, 7) is 9.07. The number of hydrogen-bond acceptors (Lipinski definition) is 5. The van der Waals surface area contributed by atoms with Gasteiger partial charge in [0.1, 0.15) is 22.3 Å². The van der Waals surface area contributed by atoms with E-state index in [0.717, 1.165) is 88.1 Å². The second-order valence-electron chi connectivity index (χ2n) is 15.1. The number of allylic oxidation sites excluding steroid dienone is 3. The molecule has 4 heterocycles. The fourth-order valence-corrected chi connectivity index (χ4v) is 10.1. The van der Waals surface area contributed by atoms with Gasteiger partial charge in [-0.05, 0) is 137 Å². The average Bonchev–Trinajstić information content (AvgIpc) is 4.14. The fraction of sp³-hybridized carbons (Fsp3) is 0. The lowest BCUT2D eigenvalue weighted by atomic mass is 10.0. The van der Waals surface area contributed by atoms with Crippen molar-refractivity contribution in [3.05, 3.63) is 224 Å². The molecule has 11 aromatic rings. The summed E-state index contributed by atoms with van der Waals surface area (Å²) in [6.07, 6.45) is 4.14. The van der Waals surface area contributed by atoms with Crippen LogP contribution in [0.25, 0.3) is 91.9 Å². The molecule has 4 aromatic heterocycles. The van der Waals surface area contributed by atoms with Crippen LogP contribution < -0.4 is 4.90 Å². The van der Waals surface area contributed by atoms with Gasteiger partial charge in [0.15, 0.2) is 0 Å².